The Labute approximate surface area is 122 Å². The lowest BCUT2D eigenvalue weighted by Gasteiger charge is -2.36. The molecule has 2 heteroatoms. The molecular weight excluding hydrogens is 250 g/mol. The molecule has 1 aromatic carbocycles. The van der Waals surface area contributed by atoms with Crippen molar-refractivity contribution in [2.75, 3.05) is 6.54 Å². The van der Waals surface area contributed by atoms with Gasteiger partial charge < -0.3 is 5.32 Å². The van der Waals surface area contributed by atoms with Gasteiger partial charge >= 0.3 is 0 Å². The third-order valence-electron chi connectivity index (χ3n) is 4.22. The number of benzene rings is 1. The minimum atomic E-state index is 0.693. The van der Waals surface area contributed by atoms with E-state index in [2.05, 4.69) is 62.1 Å². The molecule has 0 heterocycles. The van der Waals surface area contributed by atoms with Crippen molar-refractivity contribution in [3.63, 3.8) is 0 Å². The van der Waals surface area contributed by atoms with Gasteiger partial charge in [-0.05, 0) is 50.8 Å². The summed E-state index contributed by atoms with van der Waals surface area (Å²) < 4.78 is 0. The van der Waals surface area contributed by atoms with Crippen LogP contribution >= 0.6 is 11.8 Å². The molecule has 3 unspecified atom stereocenters. The second kappa shape index (κ2) is 7.35. The largest absolute Gasteiger partial charge is 0.313 e. The zero-order chi connectivity index (χ0) is 13.7. The molecule has 0 spiro atoms. The van der Waals surface area contributed by atoms with Gasteiger partial charge in [0.1, 0.15) is 0 Å². The van der Waals surface area contributed by atoms with E-state index in [-0.39, 0.29) is 0 Å². The molecule has 0 aromatic heterocycles. The fourth-order valence-corrected chi connectivity index (χ4v) is 4.60. The second-order valence-electron chi connectivity index (χ2n) is 5.72. The van der Waals surface area contributed by atoms with Crippen molar-refractivity contribution in [3.05, 3.63) is 29.8 Å². The zero-order valence-electron chi connectivity index (χ0n) is 12.5. The summed E-state index contributed by atoms with van der Waals surface area (Å²) in [6.07, 6.45) is 5.45. The van der Waals surface area contributed by atoms with Crippen molar-refractivity contribution in [2.45, 2.75) is 62.6 Å². The van der Waals surface area contributed by atoms with Gasteiger partial charge in [-0.3, -0.25) is 0 Å². The van der Waals surface area contributed by atoms with Crippen LogP contribution in [-0.2, 0) is 0 Å². The van der Waals surface area contributed by atoms with Crippen LogP contribution in [0.5, 0.6) is 0 Å². The van der Waals surface area contributed by atoms with Crippen molar-refractivity contribution < 1.29 is 0 Å². The highest BCUT2D eigenvalue weighted by Gasteiger charge is 2.29. The number of thioether (sulfide) groups is 1. The molecular formula is C17H27NS. The molecule has 106 valence electrons. The summed E-state index contributed by atoms with van der Waals surface area (Å²) in [7, 11) is 0. The first-order chi connectivity index (χ1) is 9.22. The molecule has 0 aliphatic heterocycles. The van der Waals surface area contributed by atoms with Crippen LogP contribution < -0.4 is 5.32 Å². The summed E-state index contributed by atoms with van der Waals surface area (Å²) in [6.45, 7) is 7.83. The number of rotatable bonds is 5. The minimum absolute atomic E-state index is 0.693. The lowest BCUT2D eigenvalue weighted by molar-refractivity contribution is 0.298. The molecule has 0 bridgehead atoms. The molecule has 0 amide bonds. The van der Waals surface area contributed by atoms with E-state index < -0.39 is 0 Å². The number of hydrogen-bond donors (Lipinski definition) is 1. The van der Waals surface area contributed by atoms with E-state index >= 15 is 0 Å². The Morgan fingerprint density at radius 2 is 2.11 bits per heavy atom. The van der Waals surface area contributed by atoms with E-state index in [0.29, 0.717) is 6.04 Å². The molecule has 1 N–H and O–H groups in total. The third-order valence-corrected chi connectivity index (χ3v) is 5.57. The maximum atomic E-state index is 3.69. The smallest absolute Gasteiger partial charge is 0.0251 e. The van der Waals surface area contributed by atoms with Gasteiger partial charge in [-0.2, -0.15) is 0 Å². The maximum Gasteiger partial charge on any atom is 0.0251 e. The average Bonchev–Trinajstić information content (AvgIpc) is 2.41. The van der Waals surface area contributed by atoms with Crippen LogP contribution in [0.3, 0.4) is 0 Å². The average molecular weight is 277 g/mol. The van der Waals surface area contributed by atoms with Crippen molar-refractivity contribution >= 4 is 11.8 Å². The van der Waals surface area contributed by atoms with Gasteiger partial charge in [0.2, 0.25) is 0 Å². The van der Waals surface area contributed by atoms with Gasteiger partial charge in [-0.15, -0.1) is 11.8 Å². The molecule has 1 aliphatic rings. The molecule has 1 aliphatic carbocycles. The van der Waals surface area contributed by atoms with E-state index in [1.807, 2.05) is 0 Å². The summed E-state index contributed by atoms with van der Waals surface area (Å²) in [5.74, 6) is 0.928. The summed E-state index contributed by atoms with van der Waals surface area (Å²) in [6, 6.07) is 9.64. The number of hydrogen-bond acceptors (Lipinski definition) is 2. The van der Waals surface area contributed by atoms with Crippen molar-refractivity contribution in [1.82, 2.24) is 5.32 Å². The van der Waals surface area contributed by atoms with Crippen LogP contribution in [0.4, 0.5) is 0 Å². The fraction of sp³-hybridized carbons (Fsp3) is 0.647. The molecule has 0 radical (unpaired) electrons. The molecule has 1 fully saturated rings. The molecule has 1 saturated carbocycles. The van der Waals surface area contributed by atoms with Gasteiger partial charge in [0.15, 0.2) is 0 Å². The van der Waals surface area contributed by atoms with E-state index in [4.69, 9.17) is 0 Å². The predicted octanol–water partition coefficient (Wildman–Crippen LogP) is 4.64. The Kier molecular flexibility index (Phi) is 5.77. The zero-order valence-corrected chi connectivity index (χ0v) is 13.3. The quantitative estimate of drug-likeness (QED) is 0.841. The Bertz CT molecular complexity index is 391. The fourth-order valence-electron chi connectivity index (χ4n) is 3.07. The minimum Gasteiger partial charge on any atom is -0.313 e. The van der Waals surface area contributed by atoms with E-state index in [9.17, 15) is 0 Å². The van der Waals surface area contributed by atoms with Crippen LogP contribution in [0.25, 0.3) is 0 Å². The van der Waals surface area contributed by atoms with Crippen molar-refractivity contribution in [2.24, 2.45) is 5.92 Å². The van der Waals surface area contributed by atoms with E-state index in [1.165, 1.54) is 36.1 Å². The van der Waals surface area contributed by atoms with Crippen LogP contribution in [-0.4, -0.2) is 17.8 Å². The summed E-state index contributed by atoms with van der Waals surface area (Å²) >= 11 is 2.08. The summed E-state index contributed by atoms with van der Waals surface area (Å²) in [4.78, 5) is 1.43. The summed E-state index contributed by atoms with van der Waals surface area (Å²) in [5, 5.41) is 4.43. The molecule has 2 rings (SSSR count). The Morgan fingerprint density at radius 3 is 2.79 bits per heavy atom. The Morgan fingerprint density at radius 1 is 1.26 bits per heavy atom. The van der Waals surface area contributed by atoms with Crippen LogP contribution in [0, 0.1) is 12.8 Å². The van der Waals surface area contributed by atoms with Gasteiger partial charge in [-0.1, -0.05) is 38.0 Å². The molecule has 0 saturated heterocycles. The highest BCUT2D eigenvalue weighted by molar-refractivity contribution is 8.00. The first-order valence-corrected chi connectivity index (χ1v) is 8.57. The van der Waals surface area contributed by atoms with Crippen molar-refractivity contribution in [1.29, 1.82) is 0 Å². The van der Waals surface area contributed by atoms with Crippen LogP contribution in [0.15, 0.2) is 29.2 Å². The van der Waals surface area contributed by atoms with E-state index in [0.717, 1.165) is 17.7 Å². The van der Waals surface area contributed by atoms with Gasteiger partial charge in [0, 0.05) is 16.2 Å². The van der Waals surface area contributed by atoms with E-state index in [1.54, 1.807) is 0 Å². The van der Waals surface area contributed by atoms with Crippen LogP contribution in [0.1, 0.15) is 45.1 Å². The maximum absolute atomic E-state index is 3.69. The number of aryl methyl sites for hydroxylation is 1. The lowest BCUT2D eigenvalue weighted by atomic mass is 9.84. The lowest BCUT2D eigenvalue weighted by Crippen LogP contribution is -2.42. The first-order valence-electron chi connectivity index (χ1n) is 7.69. The third kappa shape index (κ3) is 4.25. The Hall–Kier alpha value is -0.470. The predicted molar refractivity (Wildman–Crippen MR) is 85.9 cm³/mol. The number of nitrogens with one attached hydrogen (secondary N) is 1. The Balaban J connectivity index is 2.04. The highest BCUT2D eigenvalue weighted by Crippen LogP contribution is 2.37. The van der Waals surface area contributed by atoms with Gasteiger partial charge in [0.25, 0.3) is 0 Å². The van der Waals surface area contributed by atoms with Gasteiger partial charge in [0.05, 0.1) is 0 Å². The molecule has 1 aromatic rings. The standard InChI is InChI=1S/C17H27NS/c1-4-14-9-10-16(18-5-2)17(12-14)19-15-8-6-7-13(3)11-15/h6-8,11,14,16-18H,4-5,9-10,12H2,1-3H3. The normalized spacial score (nSPS) is 27.4. The molecule has 3 atom stereocenters. The van der Waals surface area contributed by atoms with Gasteiger partial charge in [-0.25, -0.2) is 0 Å². The monoisotopic (exact) mass is 277 g/mol. The highest BCUT2D eigenvalue weighted by atomic mass is 32.2. The molecule has 19 heavy (non-hydrogen) atoms. The first kappa shape index (κ1) is 14.9. The topological polar surface area (TPSA) is 12.0 Å². The summed E-state index contributed by atoms with van der Waals surface area (Å²) in [5.41, 5.74) is 1.37. The molecule has 1 nitrogen and oxygen atoms in total. The van der Waals surface area contributed by atoms with Crippen LogP contribution in [0.2, 0.25) is 0 Å². The SMILES string of the molecule is CCNC1CCC(CC)CC1Sc1cccc(C)c1. The van der Waals surface area contributed by atoms with Crippen molar-refractivity contribution in [3.8, 4) is 0 Å². The second-order valence-corrected chi connectivity index (χ2v) is 7.04.